The van der Waals surface area contributed by atoms with Gasteiger partial charge in [0.15, 0.2) is 5.78 Å². The molecule has 3 rings (SSSR count). The molecule has 0 bridgehead atoms. The number of ketones is 1. The number of carbonyl (C=O) groups excluding carboxylic acids is 1. The van der Waals surface area contributed by atoms with Crippen molar-refractivity contribution in [3.63, 3.8) is 0 Å². The number of aromatic nitrogens is 1. The number of ether oxygens (including phenoxy) is 1. The number of nitrogens with zero attached hydrogens (tertiary/aromatic N) is 2. The van der Waals surface area contributed by atoms with Gasteiger partial charge in [-0.15, -0.1) is 23.1 Å². The summed E-state index contributed by atoms with van der Waals surface area (Å²) in [6.07, 6.45) is 0.536. The summed E-state index contributed by atoms with van der Waals surface area (Å²) < 4.78 is 31.7. The fourth-order valence-electron chi connectivity index (χ4n) is 3.00. The molecule has 8 heteroatoms. The highest BCUT2D eigenvalue weighted by Crippen LogP contribution is 2.32. The number of carbonyl (C=O) groups is 1. The topological polar surface area (TPSA) is 63.0 Å². The summed E-state index contributed by atoms with van der Waals surface area (Å²) >= 11 is 2.64. The Kier molecular flexibility index (Phi) is 7.78. The van der Waals surface area contributed by atoms with Crippen molar-refractivity contribution in [3.05, 3.63) is 80.2 Å². The van der Waals surface area contributed by atoms with Crippen LogP contribution < -0.4 is 4.74 Å². The zero-order chi connectivity index (χ0) is 23.3. The van der Waals surface area contributed by atoms with Crippen molar-refractivity contribution in [3.8, 4) is 11.8 Å². The van der Waals surface area contributed by atoms with E-state index in [1.807, 2.05) is 31.2 Å². The summed E-state index contributed by atoms with van der Waals surface area (Å²) in [4.78, 5) is 18.1. The number of nitriles is 1. The van der Waals surface area contributed by atoms with Gasteiger partial charge in [-0.2, -0.15) is 5.26 Å². The first-order valence-electron chi connectivity index (χ1n) is 9.60. The van der Waals surface area contributed by atoms with Crippen LogP contribution in [0.5, 0.6) is 5.75 Å². The van der Waals surface area contributed by atoms with Crippen LogP contribution in [0.25, 0.3) is 6.08 Å². The summed E-state index contributed by atoms with van der Waals surface area (Å²) in [6, 6.07) is 12.5. The minimum atomic E-state index is -2.71. The van der Waals surface area contributed by atoms with Crippen LogP contribution in [0.2, 0.25) is 0 Å². The summed E-state index contributed by atoms with van der Waals surface area (Å²) in [5.41, 5.74) is 1.99. The first-order valence-corrected chi connectivity index (χ1v) is 11.4. The van der Waals surface area contributed by atoms with Crippen LogP contribution in [0.15, 0.2) is 47.5 Å². The molecule has 0 atom stereocenters. The largest absolute Gasteiger partial charge is 0.496 e. The van der Waals surface area contributed by atoms with E-state index in [1.54, 1.807) is 32.2 Å². The molecule has 0 N–H and O–H groups in total. The lowest BCUT2D eigenvalue weighted by Crippen LogP contribution is -1.99. The van der Waals surface area contributed by atoms with Crippen molar-refractivity contribution in [1.82, 2.24) is 4.98 Å². The van der Waals surface area contributed by atoms with Crippen LogP contribution in [-0.2, 0) is 5.75 Å². The highest BCUT2D eigenvalue weighted by molar-refractivity contribution is 7.98. The van der Waals surface area contributed by atoms with Crippen molar-refractivity contribution in [2.45, 2.75) is 31.1 Å². The SMILES string of the molecule is COc1ccc(/C=C/C(=O)c2ccc(C)s2)cc1CSc1nc(C(F)F)cc(C)c1C#N. The molecule has 164 valence electrons. The first kappa shape index (κ1) is 23.6. The molecular formula is C24H20F2N2O2S2. The summed E-state index contributed by atoms with van der Waals surface area (Å²) in [5, 5.41) is 9.69. The fourth-order valence-corrected chi connectivity index (χ4v) is 4.83. The van der Waals surface area contributed by atoms with Crippen molar-refractivity contribution in [1.29, 1.82) is 5.26 Å². The van der Waals surface area contributed by atoms with Crippen molar-refractivity contribution < 1.29 is 18.3 Å². The van der Waals surface area contributed by atoms with Gasteiger partial charge in [0.25, 0.3) is 6.43 Å². The Balaban J connectivity index is 1.83. The van der Waals surface area contributed by atoms with Crippen LogP contribution in [0, 0.1) is 25.2 Å². The van der Waals surface area contributed by atoms with E-state index < -0.39 is 6.43 Å². The van der Waals surface area contributed by atoms with Crippen LogP contribution in [-0.4, -0.2) is 17.9 Å². The highest BCUT2D eigenvalue weighted by atomic mass is 32.2. The maximum atomic E-state index is 13.2. The Morgan fingerprint density at radius 2 is 2.06 bits per heavy atom. The third-order valence-electron chi connectivity index (χ3n) is 4.62. The maximum Gasteiger partial charge on any atom is 0.280 e. The van der Waals surface area contributed by atoms with Gasteiger partial charge in [-0.1, -0.05) is 12.1 Å². The molecule has 0 aliphatic carbocycles. The normalized spacial score (nSPS) is 11.2. The second-order valence-electron chi connectivity index (χ2n) is 6.92. The Morgan fingerprint density at radius 3 is 2.69 bits per heavy atom. The van der Waals surface area contributed by atoms with Gasteiger partial charge in [0.2, 0.25) is 0 Å². The molecule has 1 aromatic carbocycles. The monoisotopic (exact) mass is 470 g/mol. The molecule has 2 aromatic heterocycles. The number of methoxy groups -OCH3 is 1. The number of thioether (sulfide) groups is 1. The lowest BCUT2D eigenvalue weighted by Gasteiger charge is -2.12. The smallest absolute Gasteiger partial charge is 0.280 e. The van der Waals surface area contributed by atoms with Crippen LogP contribution in [0.1, 0.15) is 48.9 Å². The number of thiophene rings is 1. The zero-order valence-electron chi connectivity index (χ0n) is 17.7. The molecule has 3 aromatic rings. The Bertz CT molecular complexity index is 1210. The molecule has 2 heterocycles. The zero-order valence-corrected chi connectivity index (χ0v) is 19.3. The lowest BCUT2D eigenvalue weighted by molar-refractivity contribution is 0.105. The van der Waals surface area contributed by atoms with Gasteiger partial charge in [0, 0.05) is 16.2 Å². The fraction of sp³-hybridized carbons (Fsp3) is 0.208. The number of allylic oxidation sites excluding steroid dienone is 1. The van der Waals surface area contributed by atoms with E-state index in [0.29, 0.717) is 21.9 Å². The van der Waals surface area contributed by atoms with Crippen molar-refractivity contribution in [2.75, 3.05) is 7.11 Å². The van der Waals surface area contributed by atoms with E-state index in [9.17, 15) is 18.8 Å². The molecule has 0 radical (unpaired) electrons. The van der Waals surface area contributed by atoms with E-state index in [1.165, 1.54) is 35.2 Å². The number of alkyl halides is 2. The maximum absolute atomic E-state index is 13.2. The molecule has 0 amide bonds. The minimum absolute atomic E-state index is 0.0722. The van der Waals surface area contributed by atoms with E-state index in [4.69, 9.17) is 4.74 Å². The lowest BCUT2D eigenvalue weighted by atomic mass is 10.1. The third kappa shape index (κ3) is 5.61. The average Bonchev–Trinajstić information content (AvgIpc) is 3.22. The highest BCUT2D eigenvalue weighted by Gasteiger charge is 2.17. The van der Waals surface area contributed by atoms with Crippen molar-refractivity contribution >= 4 is 35.0 Å². The van der Waals surface area contributed by atoms with Gasteiger partial charge in [-0.05, 0) is 61.4 Å². The van der Waals surface area contributed by atoms with Gasteiger partial charge in [-0.25, -0.2) is 13.8 Å². The average molecular weight is 471 g/mol. The number of aryl methyl sites for hydroxylation is 2. The van der Waals surface area contributed by atoms with E-state index in [2.05, 4.69) is 4.98 Å². The van der Waals surface area contributed by atoms with E-state index >= 15 is 0 Å². The van der Waals surface area contributed by atoms with Gasteiger partial charge in [0.1, 0.15) is 22.5 Å². The number of pyridine rings is 1. The number of rotatable bonds is 8. The standard InChI is InChI=1S/C24H20F2N2O2S2/c1-14-10-19(23(25)26)28-24(18(14)12-27)31-13-17-11-16(6-8-21(17)30-3)5-7-20(29)22-9-4-15(2)32-22/h4-11,23H,13H2,1-3H3/b7-5+. The summed E-state index contributed by atoms with van der Waals surface area (Å²) in [5.74, 6) is 0.906. The molecule has 4 nitrogen and oxygen atoms in total. The molecule has 0 saturated carbocycles. The molecule has 0 unspecified atom stereocenters. The molecule has 32 heavy (non-hydrogen) atoms. The molecule has 0 spiro atoms. The van der Waals surface area contributed by atoms with Gasteiger partial charge in [-0.3, -0.25) is 4.79 Å². The second-order valence-corrected chi connectivity index (χ2v) is 9.18. The number of halogens is 2. The predicted molar refractivity (Wildman–Crippen MR) is 124 cm³/mol. The molecule has 0 saturated heterocycles. The van der Waals surface area contributed by atoms with Crippen LogP contribution in [0.4, 0.5) is 8.78 Å². The van der Waals surface area contributed by atoms with Gasteiger partial charge >= 0.3 is 0 Å². The number of benzene rings is 1. The van der Waals surface area contributed by atoms with Crippen LogP contribution in [0.3, 0.4) is 0 Å². The quantitative estimate of drug-likeness (QED) is 0.207. The molecule has 0 aliphatic heterocycles. The van der Waals surface area contributed by atoms with Gasteiger partial charge in [0.05, 0.1) is 17.6 Å². The molecule has 0 aliphatic rings. The third-order valence-corrected chi connectivity index (χ3v) is 6.66. The number of hydrogen-bond acceptors (Lipinski definition) is 6. The minimum Gasteiger partial charge on any atom is -0.496 e. The Morgan fingerprint density at radius 1 is 1.28 bits per heavy atom. The molecule has 0 fully saturated rings. The van der Waals surface area contributed by atoms with Crippen molar-refractivity contribution in [2.24, 2.45) is 0 Å². The number of hydrogen-bond donors (Lipinski definition) is 0. The molecular weight excluding hydrogens is 450 g/mol. The Hall–Kier alpha value is -3.02. The van der Waals surface area contributed by atoms with E-state index in [0.717, 1.165) is 16.0 Å². The second kappa shape index (κ2) is 10.5. The summed E-state index contributed by atoms with van der Waals surface area (Å²) in [6.45, 7) is 3.57. The van der Waals surface area contributed by atoms with Gasteiger partial charge < -0.3 is 4.74 Å². The summed E-state index contributed by atoms with van der Waals surface area (Å²) in [7, 11) is 1.54. The van der Waals surface area contributed by atoms with Crippen LogP contribution >= 0.6 is 23.1 Å². The predicted octanol–water partition coefficient (Wildman–Crippen LogP) is 6.77. The van der Waals surface area contributed by atoms with E-state index in [-0.39, 0.29) is 22.1 Å². The Labute approximate surface area is 193 Å². The first-order chi connectivity index (χ1) is 15.3.